The Balaban J connectivity index is 1.33. The fourth-order valence-electron chi connectivity index (χ4n) is 4.71. The fourth-order valence-corrected chi connectivity index (χ4v) is 4.71. The summed E-state index contributed by atoms with van der Waals surface area (Å²) >= 11 is 0. The van der Waals surface area contributed by atoms with Crippen molar-refractivity contribution in [2.24, 2.45) is 0 Å². The minimum Gasteiger partial charge on any atom is -0.492 e. The van der Waals surface area contributed by atoms with E-state index in [1.807, 2.05) is 71.9 Å². The molecule has 2 aliphatic heterocycles. The fraction of sp³-hybridized carbons (Fsp3) is 0.400. The number of aromatic nitrogens is 2. The minimum absolute atomic E-state index is 0.218. The van der Waals surface area contributed by atoms with E-state index in [4.69, 9.17) is 19.3 Å². The number of carbonyl (C=O) groups excluding carboxylic acids is 1. The van der Waals surface area contributed by atoms with Crippen LogP contribution in [0.15, 0.2) is 66.9 Å². The summed E-state index contributed by atoms with van der Waals surface area (Å²) < 4.78 is 17.2. The Labute approximate surface area is 235 Å². The first-order valence-corrected chi connectivity index (χ1v) is 13.6. The van der Waals surface area contributed by atoms with Gasteiger partial charge in [-0.05, 0) is 24.3 Å². The lowest BCUT2D eigenvalue weighted by molar-refractivity contribution is 0.0323. The molecule has 10 nitrogen and oxygen atoms in total. The van der Waals surface area contributed by atoms with E-state index in [9.17, 15) is 4.79 Å². The summed E-state index contributed by atoms with van der Waals surface area (Å²) in [6, 6.07) is 13.2. The number of amides is 2. The maximum Gasteiger partial charge on any atom is 0.324 e. The number of hydrogen-bond donors (Lipinski definition) is 2. The molecule has 1 unspecified atom stereocenters. The van der Waals surface area contributed by atoms with Gasteiger partial charge in [0.2, 0.25) is 0 Å². The van der Waals surface area contributed by atoms with Crippen LogP contribution in [0.1, 0.15) is 26.5 Å². The molecule has 0 aliphatic carbocycles. The van der Waals surface area contributed by atoms with Gasteiger partial charge >= 0.3 is 6.03 Å². The molecule has 10 heteroatoms. The summed E-state index contributed by atoms with van der Waals surface area (Å²) in [5, 5.41) is 14.5. The largest absolute Gasteiger partial charge is 0.492 e. The first-order valence-electron chi connectivity index (χ1n) is 13.6. The zero-order valence-electron chi connectivity index (χ0n) is 23.6. The molecule has 3 heterocycles. The van der Waals surface area contributed by atoms with E-state index in [0.29, 0.717) is 18.1 Å². The van der Waals surface area contributed by atoms with Crippen LogP contribution in [0.5, 0.6) is 5.75 Å². The molecule has 1 fully saturated rings. The Morgan fingerprint density at radius 2 is 1.85 bits per heavy atom. The molecule has 3 aromatic rings. The van der Waals surface area contributed by atoms with E-state index in [1.54, 1.807) is 11.9 Å². The lowest BCUT2D eigenvalue weighted by Gasteiger charge is -2.29. The zero-order valence-corrected chi connectivity index (χ0v) is 23.6. The van der Waals surface area contributed by atoms with Crippen molar-refractivity contribution in [1.29, 1.82) is 0 Å². The number of benzene rings is 2. The maximum atomic E-state index is 13.3. The normalized spacial score (nSPS) is 17.8. The Morgan fingerprint density at radius 1 is 1.07 bits per heavy atom. The van der Waals surface area contributed by atoms with Crippen molar-refractivity contribution in [1.82, 2.24) is 14.8 Å². The predicted octanol–water partition coefficient (Wildman–Crippen LogP) is 4.68. The van der Waals surface area contributed by atoms with E-state index < -0.39 is 0 Å². The number of anilines is 2. The van der Waals surface area contributed by atoms with E-state index in [0.717, 1.165) is 55.1 Å². The van der Waals surface area contributed by atoms with Crippen molar-refractivity contribution >= 4 is 28.3 Å². The summed E-state index contributed by atoms with van der Waals surface area (Å²) in [7, 11) is 1.64. The summed E-state index contributed by atoms with van der Waals surface area (Å²) in [5.41, 5.74) is 1.31. The molecule has 5 rings (SSSR count). The second kappa shape index (κ2) is 12.1. The van der Waals surface area contributed by atoms with Crippen LogP contribution in [-0.2, 0) is 14.9 Å². The molecule has 2 N–H and O–H groups in total. The number of nitrogens with zero attached hydrogens (tertiary/aromatic N) is 4. The smallest absolute Gasteiger partial charge is 0.324 e. The third-order valence-electron chi connectivity index (χ3n) is 6.95. The monoisotopic (exact) mass is 546 g/mol. The molecule has 212 valence electrons. The van der Waals surface area contributed by atoms with Crippen LogP contribution in [0.25, 0.3) is 10.8 Å². The topological polar surface area (TPSA) is 93.1 Å². The van der Waals surface area contributed by atoms with Crippen LogP contribution in [0.4, 0.5) is 16.3 Å². The van der Waals surface area contributed by atoms with Crippen molar-refractivity contribution < 1.29 is 19.0 Å². The van der Waals surface area contributed by atoms with Gasteiger partial charge in [-0.3, -0.25) is 10.2 Å². The van der Waals surface area contributed by atoms with Gasteiger partial charge in [0.25, 0.3) is 0 Å². The molecule has 1 saturated heterocycles. The summed E-state index contributed by atoms with van der Waals surface area (Å²) in [6.45, 7) is 11.1. The quantitative estimate of drug-likeness (QED) is 0.424. The highest BCUT2D eigenvalue weighted by Gasteiger charge is 2.26. The lowest BCUT2D eigenvalue weighted by Crippen LogP contribution is -2.42. The standard InChI is InChI=1S/C30H38N6O4/c1-30(2,3)26-21-27(36(33-26)35-14-8-7-11-28(35)38-4)32-29(37)31-24-12-13-25(23-10-6-5-9-22(23)24)40-20-17-34-15-18-39-19-16-34/h5-14,21,28H,15-20H2,1-4H3,(H2,31,32,37). The SMILES string of the molecule is COC1C=CC=CN1n1nc(C(C)(C)C)cc1NC(=O)Nc1ccc(OCCN2CCOCC2)c2ccccc12. The molecule has 1 aromatic heterocycles. The van der Waals surface area contributed by atoms with Gasteiger partial charge < -0.3 is 19.5 Å². The van der Waals surface area contributed by atoms with E-state index in [2.05, 4.69) is 36.3 Å². The number of urea groups is 1. The van der Waals surface area contributed by atoms with Crippen molar-refractivity contribution in [3.05, 3.63) is 72.6 Å². The minimum atomic E-state index is -0.377. The second-order valence-corrected chi connectivity index (χ2v) is 10.8. The number of allylic oxidation sites excluding steroid dienone is 2. The van der Waals surface area contributed by atoms with E-state index in [1.165, 1.54) is 0 Å². The molecule has 0 spiro atoms. The number of rotatable bonds is 8. The maximum absolute atomic E-state index is 13.3. The van der Waals surface area contributed by atoms with Crippen LogP contribution in [0, 0.1) is 0 Å². The Kier molecular flexibility index (Phi) is 8.39. The molecule has 0 bridgehead atoms. The van der Waals surface area contributed by atoms with Gasteiger partial charge in [0.05, 0.1) is 24.6 Å². The van der Waals surface area contributed by atoms with E-state index in [-0.39, 0.29) is 17.7 Å². The zero-order chi connectivity index (χ0) is 28.1. The Bertz CT molecular complexity index is 1390. The highest BCUT2D eigenvalue weighted by atomic mass is 16.5. The first-order chi connectivity index (χ1) is 19.3. The number of morpholine rings is 1. The van der Waals surface area contributed by atoms with E-state index >= 15 is 0 Å². The number of fused-ring (bicyclic) bond motifs is 1. The first kappa shape index (κ1) is 27.7. The number of nitrogens with one attached hydrogen (secondary N) is 2. The van der Waals surface area contributed by atoms with Gasteiger partial charge in [-0.2, -0.15) is 9.89 Å². The van der Waals surface area contributed by atoms with Crippen molar-refractivity contribution in [2.45, 2.75) is 32.4 Å². The number of hydrogen-bond acceptors (Lipinski definition) is 7. The molecule has 0 radical (unpaired) electrons. The summed E-state index contributed by atoms with van der Waals surface area (Å²) in [5.74, 6) is 1.31. The molecule has 0 saturated carbocycles. The number of methoxy groups -OCH3 is 1. The van der Waals surface area contributed by atoms with Crippen molar-refractivity contribution in [3.8, 4) is 5.75 Å². The third kappa shape index (κ3) is 6.30. The predicted molar refractivity (Wildman–Crippen MR) is 158 cm³/mol. The van der Waals surface area contributed by atoms with Crippen LogP contribution >= 0.6 is 0 Å². The van der Waals surface area contributed by atoms with Gasteiger partial charge in [-0.15, -0.1) is 0 Å². The molecule has 2 amide bonds. The molecule has 2 aromatic carbocycles. The van der Waals surface area contributed by atoms with Gasteiger partial charge in [0.1, 0.15) is 12.4 Å². The van der Waals surface area contributed by atoms with Gasteiger partial charge in [-0.1, -0.05) is 51.1 Å². The molecular formula is C30H38N6O4. The van der Waals surface area contributed by atoms with Gasteiger partial charge in [0, 0.05) is 55.2 Å². The average molecular weight is 547 g/mol. The van der Waals surface area contributed by atoms with Gasteiger partial charge in [-0.25, -0.2) is 9.80 Å². The van der Waals surface area contributed by atoms with Gasteiger partial charge in [0.15, 0.2) is 12.0 Å². The Hall–Kier alpha value is -3.86. The Morgan fingerprint density at radius 3 is 2.60 bits per heavy atom. The molecular weight excluding hydrogens is 508 g/mol. The summed E-state index contributed by atoms with van der Waals surface area (Å²) in [4.78, 5) is 17.3. The second-order valence-electron chi connectivity index (χ2n) is 10.8. The average Bonchev–Trinajstić information content (AvgIpc) is 3.38. The van der Waals surface area contributed by atoms with Crippen molar-refractivity contribution in [3.63, 3.8) is 0 Å². The van der Waals surface area contributed by atoms with Crippen LogP contribution < -0.4 is 20.4 Å². The molecule has 2 aliphatic rings. The van der Waals surface area contributed by atoms with Crippen molar-refractivity contribution in [2.75, 3.05) is 62.2 Å². The van der Waals surface area contributed by atoms with Crippen LogP contribution in [0.2, 0.25) is 0 Å². The highest BCUT2D eigenvalue weighted by Crippen LogP contribution is 2.32. The highest BCUT2D eigenvalue weighted by molar-refractivity contribution is 6.07. The number of ether oxygens (including phenoxy) is 3. The summed E-state index contributed by atoms with van der Waals surface area (Å²) in [6.07, 6.45) is 7.23. The van der Waals surface area contributed by atoms with Crippen LogP contribution in [-0.4, -0.2) is 73.6 Å². The van der Waals surface area contributed by atoms with Crippen LogP contribution in [0.3, 0.4) is 0 Å². The molecule has 40 heavy (non-hydrogen) atoms. The number of carbonyl (C=O) groups is 1. The lowest BCUT2D eigenvalue weighted by atomic mass is 9.92. The third-order valence-corrected chi connectivity index (χ3v) is 6.95. The molecule has 1 atom stereocenters.